The quantitative estimate of drug-likeness (QED) is 0.655. The van der Waals surface area contributed by atoms with Crippen LogP contribution in [0.15, 0.2) is 18.2 Å². The van der Waals surface area contributed by atoms with Gasteiger partial charge in [-0.05, 0) is 24.6 Å². The summed E-state index contributed by atoms with van der Waals surface area (Å²) in [5.41, 5.74) is 1.27. The first-order valence-electron chi connectivity index (χ1n) is 3.80. The first-order valence-corrected chi connectivity index (χ1v) is 4.18. The highest BCUT2D eigenvalue weighted by Crippen LogP contribution is 2.24. The Balaban J connectivity index is 2.94. The summed E-state index contributed by atoms with van der Waals surface area (Å²) in [6.45, 7) is 1.83. The number of hydrogen-bond donors (Lipinski definition) is 1. The van der Waals surface area contributed by atoms with Gasteiger partial charge in [0, 0.05) is 5.39 Å². The largest absolute Gasteiger partial charge is 0.506 e. The summed E-state index contributed by atoms with van der Waals surface area (Å²) in [6, 6.07) is 5.17. The van der Waals surface area contributed by atoms with Gasteiger partial charge >= 0.3 is 0 Å². The molecule has 0 saturated carbocycles. The molecule has 1 N–H and O–H groups in total. The Labute approximate surface area is 80.0 Å². The molecule has 1 heterocycles. The first kappa shape index (κ1) is 8.26. The number of fused-ring (bicyclic) bond motifs is 1. The molecule has 0 spiro atoms. The van der Waals surface area contributed by atoms with Crippen molar-refractivity contribution in [3.8, 4) is 5.75 Å². The van der Waals surface area contributed by atoms with Crippen molar-refractivity contribution in [2.24, 2.45) is 0 Å². The summed E-state index contributed by atoms with van der Waals surface area (Å²) in [7, 11) is 0. The van der Waals surface area contributed by atoms with E-state index >= 15 is 0 Å². The van der Waals surface area contributed by atoms with Crippen molar-refractivity contribution in [3.63, 3.8) is 0 Å². The van der Waals surface area contributed by atoms with Crippen molar-refractivity contribution in [3.05, 3.63) is 29.2 Å². The molecule has 1 aromatic heterocycles. The monoisotopic (exact) mass is 194 g/mol. The summed E-state index contributed by atoms with van der Waals surface area (Å²) in [6.07, 6.45) is 0. The third-order valence-electron chi connectivity index (χ3n) is 1.87. The second-order valence-corrected chi connectivity index (χ2v) is 3.09. The maximum Gasteiger partial charge on any atom is 0.223 e. The van der Waals surface area contributed by atoms with Gasteiger partial charge in [0.05, 0.1) is 5.69 Å². The van der Waals surface area contributed by atoms with Gasteiger partial charge in [-0.15, -0.1) is 0 Å². The summed E-state index contributed by atoms with van der Waals surface area (Å²) in [5, 5.41) is 10.5. The van der Waals surface area contributed by atoms with Gasteiger partial charge in [0.25, 0.3) is 0 Å². The highest BCUT2D eigenvalue weighted by atomic mass is 35.5. The lowest BCUT2D eigenvalue weighted by Gasteiger charge is -2.02. The molecular weight excluding hydrogens is 188 g/mol. The molecule has 13 heavy (non-hydrogen) atoms. The molecule has 0 aliphatic heterocycles. The van der Waals surface area contributed by atoms with Gasteiger partial charge in [0.1, 0.15) is 11.3 Å². The molecule has 3 nitrogen and oxygen atoms in total. The third-order valence-corrected chi connectivity index (χ3v) is 2.04. The van der Waals surface area contributed by atoms with E-state index in [1.165, 1.54) is 0 Å². The Bertz CT molecular complexity index is 470. The van der Waals surface area contributed by atoms with Gasteiger partial charge in [-0.2, -0.15) is 0 Å². The lowest BCUT2D eigenvalue weighted by molar-refractivity contribution is 0.480. The lowest BCUT2D eigenvalue weighted by atomic mass is 10.2. The molecule has 1 aromatic carbocycles. The molecule has 0 bridgehead atoms. The van der Waals surface area contributed by atoms with E-state index in [-0.39, 0.29) is 11.0 Å². The average Bonchev–Trinajstić information content (AvgIpc) is 2.07. The minimum atomic E-state index is 0.130. The highest BCUT2D eigenvalue weighted by Gasteiger charge is 2.05. The second-order valence-electron chi connectivity index (χ2n) is 2.75. The Morgan fingerprint density at radius 3 is 2.85 bits per heavy atom. The number of phenols is 1. The van der Waals surface area contributed by atoms with Crippen LogP contribution < -0.4 is 0 Å². The van der Waals surface area contributed by atoms with Crippen molar-refractivity contribution in [1.29, 1.82) is 0 Å². The van der Waals surface area contributed by atoms with Gasteiger partial charge in [0.15, 0.2) is 0 Å². The van der Waals surface area contributed by atoms with Crippen molar-refractivity contribution in [1.82, 2.24) is 9.97 Å². The molecule has 0 unspecified atom stereocenters. The lowest BCUT2D eigenvalue weighted by Crippen LogP contribution is -1.89. The van der Waals surface area contributed by atoms with E-state index in [9.17, 15) is 5.11 Å². The molecule has 0 fully saturated rings. The van der Waals surface area contributed by atoms with Gasteiger partial charge in [0.2, 0.25) is 5.28 Å². The van der Waals surface area contributed by atoms with Gasteiger partial charge in [-0.25, -0.2) is 9.97 Å². The van der Waals surface area contributed by atoms with Crippen LogP contribution in [0.1, 0.15) is 5.69 Å². The van der Waals surface area contributed by atoms with Crippen molar-refractivity contribution < 1.29 is 5.11 Å². The van der Waals surface area contributed by atoms with Crippen LogP contribution in [0.25, 0.3) is 10.9 Å². The molecule has 0 radical (unpaired) electrons. The number of benzene rings is 1. The van der Waals surface area contributed by atoms with E-state index < -0.39 is 0 Å². The summed E-state index contributed by atoms with van der Waals surface area (Å²) in [4.78, 5) is 7.93. The maximum absolute atomic E-state index is 9.47. The fraction of sp³-hybridized carbons (Fsp3) is 0.111. The SMILES string of the molecule is Cc1nc(Cl)nc2c(O)cccc12. The predicted molar refractivity (Wildman–Crippen MR) is 50.9 cm³/mol. The van der Waals surface area contributed by atoms with Crippen LogP contribution in [-0.2, 0) is 0 Å². The smallest absolute Gasteiger partial charge is 0.223 e. The Morgan fingerprint density at radius 2 is 2.08 bits per heavy atom. The van der Waals surface area contributed by atoms with Crippen molar-refractivity contribution >= 4 is 22.5 Å². The number of para-hydroxylation sites is 1. The molecule has 66 valence electrons. The molecule has 0 atom stereocenters. The van der Waals surface area contributed by atoms with Crippen LogP contribution in [-0.4, -0.2) is 15.1 Å². The zero-order chi connectivity index (χ0) is 9.42. The molecule has 2 rings (SSSR count). The number of aromatic hydroxyl groups is 1. The zero-order valence-electron chi connectivity index (χ0n) is 6.95. The Morgan fingerprint density at radius 1 is 1.31 bits per heavy atom. The van der Waals surface area contributed by atoms with Crippen molar-refractivity contribution in [2.45, 2.75) is 6.92 Å². The van der Waals surface area contributed by atoms with Crippen LogP contribution in [0.5, 0.6) is 5.75 Å². The van der Waals surface area contributed by atoms with E-state index in [0.29, 0.717) is 5.52 Å². The summed E-state index contributed by atoms with van der Waals surface area (Å²) >= 11 is 5.66. The topological polar surface area (TPSA) is 46.0 Å². The standard InChI is InChI=1S/C9H7ClN2O/c1-5-6-3-2-4-7(13)8(6)12-9(10)11-5/h2-4,13H,1H3. The molecule has 0 aliphatic carbocycles. The number of rotatable bonds is 0. The Hall–Kier alpha value is -1.35. The van der Waals surface area contributed by atoms with E-state index in [0.717, 1.165) is 11.1 Å². The number of hydrogen-bond acceptors (Lipinski definition) is 3. The average molecular weight is 195 g/mol. The predicted octanol–water partition coefficient (Wildman–Crippen LogP) is 2.30. The van der Waals surface area contributed by atoms with Gasteiger partial charge in [-0.1, -0.05) is 12.1 Å². The van der Waals surface area contributed by atoms with Crippen LogP contribution >= 0.6 is 11.6 Å². The fourth-order valence-electron chi connectivity index (χ4n) is 1.26. The molecule has 0 aliphatic rings. The third kappa shape index (κ3) is 1.31. The molecule has 0 amide bonds. The zero-order valence-corrected chi connectivity index (χ0v) is 7.71. The minimum absolute atomic E-state index is 0.130. The number of phenolic OH excluding ortho intramolecular Hbond substituents is 1. The van der Waals surface area contributed by atoms with E-state index in [2.05, 4.69) is 9.97 Å². The van der Waals surface area contributed by atoms with Gasteiger partial charge in [-0.3, -0.25) is 0 Å². The molecular formula is C9H7ClN2O. The van der Waals surface area contributed by atoms with Crippen LogP contribution in [0, 0.1) is 6.92 Å². The van der Waals surface area contributed by atoms with E-state index in [4.69, 9.17) is 11.6 Å². The minimum Gasteiger partial charge on any atom is -0.506 e. The normalized spacial score (nSPS) is 10.6. The number of halogens is 1. The summed E-state index contributed by atoms with van der Waals surface area (Å²) < 4.78 is 0. The molecule has 2 aromatic rings. The maximum atomic E-state index is 9.47. The van der Waals surface area contributed by atoms with E-state index in [1.807, 2.05) is 13.0 Å². The van der Waals surface area contributed by atoms with Crippen LogP contribution in [0.3, 0.4) is 0 Å². The van der Waals surface area contributed by atoms with Crippen molar-refractivity contribution in [2.75, 3.05) is 0 Å². The summed E-state index contributed by atoms with van der Waals surface area (Å²) in [5.74, 6) is 0.130. The fourth-order valence-corrected chi connectivity index (χ4v) is 1.47. The highest BCUT2D eigenvalue weighted by molar-refractivity contribution is 6.28. The Kier molecular flexibility index (Phi) is 1.81. The van der Waals surface area contributed by atoms with Gasteiger partial charge < -0.3 is 5.11 Å². The number of nitrogens with zero attached hydrogens (tertiary/aromatic N) is 2. The molecule has 0 saturated heterocycles. The first-order chi connectivity index (χ1) is 6.18. The number of aryl methyl sites for hydroxylation is 1. The number of aromatic nitrogens is 2. The van der Waals surface area contributed by atoms with Crippen LogP contribution in [0.4, 0.5) is 0 Å². The second kappa shape index (κ2) is 2.85. The van der Waals surface area contributed by atoms with E-state index in [1.54, 1.807) is 12.1 Å². The molecule has 4 heteroatoms. The van der Waals surface area contributed by atoms with Crippen LogP contribution in [0.2, 0.25) is 5.28 Å².